The van der Waals surface area contributed by atoms with Crippen molar-refractivity contribution in [2.24, 2.45) is 0 Å². The molecule has 1 aliphatic heterocycles. The predicted molar refractivity (Wildman–Crippen MR) is 66.7 cm³/mol. The highest BCUT2D eigenvalue weighted by atomic mass is 16.3. The number of rotatable bonds is 2. The normalized spacial score (nSPS) is 17.0. The lowest BCUT2D eigenvalue weighted by atomic mass is 10.3. The summed E-state index contributed by atoms with van der Waals surface area (Å²) >= 11 is 0. The number of anilines is 1. The van der Waals surface area contributed by atoms with Gasteiger partial charge in [0.25, 0.3) is 0 Å². The standard InChI is InChI=1S/C12H14N4O2/c13-8-1-2-10-9(5-8)15-12(18-10)7-16-4-3-14-11(17)6-16/h1-2,5H,3-4,6-7,13H2,(H,14,17). The number of hydrogen-bond donors (Lipinski definition) is 2. The van der Waals surface area contributed by atoms with Gasteiger partial charge in [0.05, 0.1) is 13.1 Å². The smallest absolute Gasteiger partial charge is 0.234 e. The summed E-state index contributed by atoms with van der Waals surface area (Å²) in [6.45, 7) is 2.42. The highest BCUT2D eigenvalue weighted by Gasteiger charge is 2.18. The van der Waals surface area contributed by atoms with Crippen molar-refractivity contribution in [3.63, 3.8) is 0 Å². The average Bonchev–Trinajstić information content (AvgIpc) is 2.70. The van der Waals surface area contributed by atoms with Crippen molar-refractivity contribution < 1.29 is 9.21 Å². The van der Waals surface area contributed by atoms with Crippen molar-refractivity contribution in [2.75, 3.05) is 25.4 Å². The third-order valence-corrected chi connectivity index (χ3v) is 2.93. The molecule has 2 aromatic rings. The van der Waals surface area contributed by atoms with Gasteiger partial charge in [-0.05, 0) is 18.2 Å². The van der Waals surface area contributed by atoms with E-state index in [9.17, 15) is 4.79 Å². The van der Waals surface area contributed by atoms with Gasteiger partial charge in [-0.2, -0.15) is 0 Å². The summed E-state index contributed by atoms with van der Waals surface area (Å²) in [4.78, 5) is 17.6. The number of hydrogen-bond acceptors (Lipinski definition) is 5. The minimum atomic E-state index is 0.0432. The Hall–Kier alpha value is -2.08. The molecule has 18 heavy (non-hydrogen) atoms. The molecule has 2 heterocycles. The molecular formula is C12H14N4O2. The zero-order chi connectivity index (χ0) is 12.5. The van der Waals surface area contributed by atoms with Gasteiger partial charge in [-0.3, -0.25) is 9.69 Å². The number of benzene rings is 1. The molecule has 3 N–H and O–H groups in total. The number of nitrogens with one attached hydrogen (secondary N) is 1. The Morgan fingerprint density at radius 2 is 2.39 bits per heavy atom. The second-order valence-corrected chi connectivity index (χ2v) is 4.40. The van der Waals surface area contributed by atoms with Crippen LogP contribution in [0.5, 0.6) is 0 Å². The lowest BCUT2D eigenvalue weighted by molar-refractivity contribution is -0.124. The van der Waals surface area contributed by atoms with Crippen molar-refractivity contribution in [3.05, 3.63) is 24.1 Å². The maximum absolute atomic E-state index is 11.3. The molecule has 0 aliphatic carbocycles. The van der Waals surface area contributed by atoms with Crippen LogP contribution in [0.25, 0.3) is 11.1 Å². The molecule has 6 heteroatoms. The van der Waals surface area contributed by atoms with Crippen LogP contribution in [0.3, 0.4) is 0 Å². The van der Waals surface area contributed by atoms with E-state index >= 15 is 0 Å². The van der Waals surface area contributed by atoms with Crippen molar-refractivity contribution in [1.82, 2.24) is 15.2 Å². The first-order valence-corrected chi connectivity index (χ1v) is 5.85. The number of aromatic nitrogens is 1. The molecule has 0 radical (unpaired) electrons. The van der Waals surface area contributed by atoms with Crippen LogP contribution in [-0.4, -0.2) is 35.4 Å². The first kappa shape index (κ1) is 11.0. The molecule has 94 valence electrons. The number of piperazine rings is 1. The molecule has 1 fully saturated rings. The van der Waals surface area contributed by atoms with Gasteiger partial charge in [0, 0.05) is 18.8 Å². The summed E-state index contributed by atoms with van der Waals surface area (Å²) in [5.74, 6) is 0.659. The SMILES string of the molecule is Nc1ccc2oc(CN3CCNC(=O)C3)nc2c1. The fraction of sp³-hybridized carbons (Fsp3) is 0.333. The Balaban J connectivity index is 1.80. The summed E-state index contributed by atoms with van der Waals surface area (Å²) in [7, 11) is 0. The van der Waals surface area contributed by atoms with Crippen LogP contribution in [0, 0.1) is 0 Å². The van der Waals surface area contributed by atoms with E-state index in [1.54, 1.807) is 12.1 Å². The molecule has 1 saturated heterocycles. The summed E-state index contributed by atoms with van der Waals surface area (Å²) in [6, 6.07) is 5.38. The molecule has 0 unspecified atom stereocenters. The summed E-state index contributed by atoms with van der Waals surface area (Å²) in [5, 5.41) is 2.78. The van der Waals surface area contributed by atoms with E-state index in [1.807, 2.05) is 11.0 Å². The number of nitrogens with zero attached hydrogens (tertiary/aromatic N) is 2. The van der Waals surface area contributed by atoms with Crippen molar-refractivity contribution in [3.8, 4) is 0 Å². The van der Waals surface area contributed by atoms with Crippen molar-refractivity contribution in [1.29, 1.82) is 0 Å². The maximum atomic E-state index is 11.3. The fourth-order valence-electron chi connectivity index (χ4n) is 2.08. The van der Waals surface area contributed by atoms with E-state index in [1.165, 1.54) is 0 Å². The Morgan fingerprint density at radius 1 is 1.50 bits per heavy atom. The van der Waals surface area contributed by atoms with Gasteiger partial charge in [0.15, 0.2) is 5.58 Å². The van der Waals surface area contributed by atoms with Crippen LogP contribution in [0.15, 0.2) is 22.6 Å². The van der Waals surface area contributed by atoms with E-state index in [4.69, 9.17) is 10.2 Å². The number of amides is 1. The lowest BCUT2D eigenvalue weighted by Gasteiger charge is -2.24. The van der Waals surface area contributed by atoms with Gasteiger partial charge < -0.3 is 15.5 Å². The topological polar surface area (TPSA) is 84.4 Å². The Morgan fingerprint density at radius 3 is 3.22 bits per heavy atom. The minimum Gasteiger partial charge on any atom is -0.439 e. The van der Waals surface area contributed by atoms with Crippen LogP contribution in [-0.2, 0) is 11.3 Å². The number of fused-ring (bicyclic) bond motifs is 1. The molecule has 6 nitrogen and oxygen atoms in total. The van der Waals surface area contributed by atoms with Gasteiger partial charge in [-0.15, -0.1) is 0 Å². The highest BCUT2D eigenvalue weighted by Crippen LogP contribution is 2.19. The second kappa shape index (κ2) is 4.30. The van der Waals surface area contributed by atoms with Crippen LogP contribution < -0.4 is 11.1 Å². The molecular weight excluding hydrogens is 232 g/mol. The maximum Gasteiger partial charge on any atom is 0.234 e. The van der Waals surface area contributed by atoms with Crippen LogP contribution in [0.4, 0.5) is 5.69 Å². The van der Waals surface area contributed by atoms with Crippen molar-refractivity contribution >= 4 is 22.7 Å². The molecule has 1 aromatic heterocycles. The zero-order valence-corrected chi connectivity index (χ0v) is 9.85. The van der Waals surface area contributed by atoms with E-state index in [0.717, 1.165) is 17.6 Å². The van der Waals surface area contributed by atoms with E-state index in [2.05, 4.69) is 10.3 Å². The molecule has 0 saturated carbocycles. The third kappa shape index (κ3) is 2.14. The molecule has 1 aliphatic rings. The van der Waals surface area contributed by atoms with E-state index < -0.39 is 0 Å². The molecule has 1 aromatic carbocycles. The van der Waals surface area contributed by atoms with E-state index in [-0.39, 0.29) is 5.91 Å². The van der Waals surface area contributed by atoms with Gasteiger partial charge in [0.2, 0.25) is 11.8 Å². The molecule has 0 atom stereocenters. The Kier molecular flexibility index (Phi) is 2.64. The zero-order valence-electron chi connectivity index (χ0n) is 9.85. The second-order valence-electron chi connectivity index (χ2n) is 4.40. The van der Waals surface area contributed by atoms with Gasteiger partial charge >= 0.3 is 0 Å². The van der Waals surface area contributed by atoms with Crippen molar-refractivity contribution in [2.45, 2.75) is 6.54 Å². The number of nitrogens with two attached hydrogens (primary N) is 1. The number of carbonyl (C=O) groups is 1. The number of nitrogen functional groups attached to an aromatic ring is 1. The minimum absolute atomic E-state index is 0.0432. The Labute approximate surface area is 104 Å². The predicted octanol–water partition coefficient (Wildman–Crippen LogP) is 0.342. The lowest BCUT2D eigenvalue weighted by Crippen LogP contribution is -2.47. The molecule has 3 rings (SSSR count). The van der Waals surface area contributed by atoms with Gasteiger partial charge in [-0.1, -0.05) is 0 Å². The molecule has 1 amide bonds. The van der Waals surface area contributed by atoms with Gasteiger partial charge in [-0.25, -0.2) is 4.98 Å². The quantitative estimate of drug-likeness (QED) is 0.746. The number of carbonyl (C=O) groups excluding carboxylic acids is 1. The fourth-order valence-corrected chi connectivity index (χ4v) is 2.08. The molecule has 0 bridgehead atoms. The summed E-state index contributed by atoms with van der Waals surface area (Å²) < 4.78 is 5.62. The van der Waals surface area contributed by atoms with Crippen LogP contribution in [0.2, 0.25) is 0 Å². The molecule has 0 spiro atoms. The summed E-state index contributed by atoms with van der Waals surface area (Å²) in [5.41, 5.74) is 7.84. The largest absolute Gasteiger partial charge is 0.439 e. The third-order valence-electron chi connectivity index (χ3n) is 2.93. The first-order valence-electron chi connectivity index (χ1n) is 5.85. The monoisotopic (exact) mass is 246 g/mol. The highest BCUT2D eigenvalue weighted by molar-refractivity contribution is 5.78. The van der Waals surface area contributed by atoms with E-state index in [0.29, 0.717) is 31.2 Å². The van der Waals surface area contributed by atoms with Gasteiger partial charge in [0.1, 0.15) is 5.52 Å². The number of oxazole rings is 1. The van der Waals surface area contributed by atoms with Crippen LogP contribution in [0.1, 0.15) is 5.89 Å². The average molecular weight is 246 g/mol. The first-order chi connectivity index (χ1) is 8.70. The Bertz CT molecular complexity index is 593. The van der Waals surface area contributed by atoms with Crippen LogP contribution >= 0.6 is 0 Å². The summed E-state index contributed by atoms with van der Waals surface area (Å²) in [6.07, 6.45) is 0.